The van der Waals surface area contributed by atoms with Crippen molar-refractivity contribution in [1.82, 2.24) is 42.1 Å². The summed E-state index contributed by atoms with van der Waals surface area (Å²) in [6.45, 7) is -0.0990. The van der Waals surface area contributed by atoms with Gasteiger partial charge >= 0.3 is 12.2 Å². The van der Waals surface area contributed by atoms with Crippen LogP contribution in [0, 0.1) is 0 Å². The summed E-state index contributed by atoms with van der Waals surface area (Å²) in [6.07, 6.45) is 7.02. The number of carbonyl (C=O) groups is 8. The first-order valence-corrected chi connectivity index (χ1v) is 19.2. The van der Waals surface area contributed by atoms with Crippen molar-refractivity contribution in [2.45, 2.75) is 120 Å². The zero-order valence-corrected chi connectivity index (χ0v) is 32.2. The van der Waals surface area contributed by atoms with Crippen LogP contribution in [0.4, 0.5) is 9.59 Å². The van der Waals surface area contributed by atoms with E-state index in [-0.39, 0.29) is 32.5 Å². The van der Waals surface area contributed by atoms with Crippen LogP contribution >= 0.6 is 0 Å². The summed E-state index contributed by atoms with van der Waals surface area (Å²) >= 11 is 0. The number of nitrogens with one attached hydrogen (secondary N) is 7. The molecule has 2 aliphatic rings. The fraction of sp³-hybridized carbons (Fsp3) is 0.771. The number of hydrogen-bond donors (Lipinski definition) is 9. The zero-order chi connectivity index (χ0) is 40.6. The number of nitrogens with two attached hydrogens (primary N) is 2. The second kappa shape index (κ2) is 26.1. The maximum Gasteiger partial charge on any atom is 0.407 e. The molecule has 55 heavy (non-hydrogen) atoms. The molecule has 0 aromatic rings. The highest BCUT2D eigenvalue weighted by Crippen LogP contribution is 2.21. The fourth-order valence-electron chi connectivity index (χ4n) is 5.56. The van der Waals surface area contributed by atoms with Gasteiger partial charge in [-0.15, -0.1) is 0 Å². The van der Waals surface area contributed by atoms with Crippen molar-refractivity contribution in [2.75, 3.05) is 53.5 Å². The molecule has 0 aromatic heterocycles. The van der Waals surface area contributed by atoms with Crippen molar-refractivity contribution >= 4 is 47.6 Å². The minimum absolute atomic E-state index is 0.146. The average Bonchev–Trinajstić information content (AvgIpc) is 4.09. The van der Waals surface area contributed by atoms with E-state index >= 15 is 0 Å². The second-order valence-electron chi connectivity index (χ2n) is 13.9. The van der Waals surface area contributed by atoms with Crippen LogP contribution in [-0.2, 0) is 38.2 Å². The number of alkyl carbamates (subject to hydrolysis) is 2. The standard InChI is InChI=1S/C35H62N10O10/c1-54-34(52)41-19-8-5-11-27(44-35(53)55-2)33(51)40-20-16-30(48)45(21-28(46)38-17-6-3-9-25(31(36)49)42-23-12-13-23)22-29(47)39-18-7-4-10-26(32(37)50)43-24-14-15-24/h23-27,42-43H,3-22H2,1-2H3,(H2,36,49)(H2,37,50)(H,38,46)(H,39,47)(H,40,51)(H,41,52)(H,44,53)/t25-,26-,27-/m0/s1. The van der Waals surface area contributed by atoms with E-state index in [9.17, 15) is 38.4 Å². The van der Waals surface area contributed by atoms with Crippen molar-refractivity contribution in [2.24, 2.45) is 11.5 Å². The lowest BCUT2D eigenvalue weighted by Gasteiger charge is -2.23. The Labute approximate surface area is 322 Å². The van der Waals surface area contributed by atoms with E-state index in [0.29, 0.717) is 70.0 Å². The highest BCUT2D eigenvalue weighted by atomic mass is 16.5. The van der Waals surface area contributed by atoms with Gasteiger partial charge in [0.15, 0.2) is 0 Å². The number of amides is 8. The molecule has 0 heterocycles. The van der Waals surface area contributed by atoms with E-state index < -0.39 is 78.8 Å². The van der Waals surface area contributed by atoms with Gasteiger partial charge in [0.2, 0.25) is 35.4 Å². The Bertz CT molecular complexity index is 1220. The SMILES string of the molecule is COC(=O)NCCCC[C@H](NC(=O)OC)C(=O)NCCC(=O)N(CC(=O)NCCCC[C@H](NC1CC1)C(N)=O)CC(=O)NCCCC[C@H](NC1CC1)C(N)=O. The van der Waals surface area contributed by atoms with Crippen LogP contribution in [0.25, 0.3) is 0 Å². The summed E-state index contributed by atoms with van der Waals surface area (Å²) < 4.78 is 9.14. The molecule has 0 spiro atoms. The summed E-state index contributed by atoms with van der Waals surface area (Å²) in [5.41, 5.74) is 11.0. The van der Waals surface area contributed by atoms with Crippen LogP contribution in [0.1, 0.15) is 89.9 Å². The highest BCUT2D eigenvalue weighted by molar-refractivity contribution is 5.90. The number of unbranched alkanes of at least 4 members (excludes halogenated alkanes) is 3. The molecular formula is C35H62N10O10. The predicted octanol–water partition coefficient (Wildman–Crippen LogP) is -1.64. The van der Waals surface area contributed by atoms with Gasteiger partial charge in [-0.1, -0.05) is 0 Å². The van der Waals surface area contributed by atoms with Crippen molar-refractivity contribution in [3.8, 4) is 0 Å². The van der Waals surface area contributed by atoms with E-state index in [0.717, 1.165) is 37.7 Å². The fourth-order valence-corrected chi connectivity index (χ4v) is 5.56. The molecule has 0 aromatic carbocycles. The molecular weight excluding hydrogens is 720 g/mol. The molecule has 2 rings (SSSR count). The maximum absolute atomic E-state index is 13.3. The number of carbonyl (C=O) groups excluding carboxylic acids is 8. The lowest BCUT2D eigenvalue weighted by molar-refractivity contribution is -0.139. The van der Waals surface area contributed by atoms with E-state index in [1.165, 1.54) is 7.11 Å². The molecule has 0 unspecified atom stereocenters. The molecule has 3 atom stereocenters. The van der Waals surface area contributed by atoms with Crippen LogP contribution in [0.15, 0.2) is 0 Å². The van der Waals surface area contributed by atoms with Crippen LogP contribution < -0.4 is 48.7 Å². The molecule has 20 heteroatoms. The maximum atomic E-state index is 13.3. The predicted molar refractivity (Wildman–Crippen MR) is 200 cm³/mol. The van der Waals surface area contributed by atoms with Crippen molar-refractivity contribution in [3.63, 3.8) is 0 Å². The zero-order valence-electron chi connectivity index (χ0n) is 32.2. The molecule has 20 nitrogen and oxygen atoms in total. The molecule has 0 aliphatic heterocycles. The van der Waals surface area contributed by atoms with E-state index in [1.807, 2.05) is 0 Å². The molecule has 2 aliphatic carbocycles. The number of hydrogen-bond acceptors (Lipinski definition) is 12. The molecule has 2 saturated carbocycles. The largest absolute Gasteiger partial charge is 0.453 e. The highest BCUT2D eigenvalue weighted by Gasteiger charge is 2.28. The van der Waals surface area contributed by atoms with Crippen molar-refractivity contribution in [1.29, 1.82) is 0 Å². The van der Waals surface area contributed by atoms with Gasteiger partial charge in [-0.3, -0.25) is 28.8 Å². The summed E-state index contributed by atoms with van der Waals surface area (Å²) in [5, 5.41) is 19.5. The third-order valence-electron chi connectivity index (χ3n) is 9.03. The van der Waals surface area contributed by atoms with Crippen LogP contribution in [0.2, 0.25) is 0 Å². The first-order valence-electron chi connectivity index (χ1n) is 19.2. The topological polar surface area (TPSA) is 295 Å². The molecule has 0 saturated heterocycles. The van der Waals surface area contributed by atoms with Crippen LogP contribution in [0.5, 0.6) is 0 Å². The summed E-state index contributed by atoms with van der Waals surface area (Å²) in [7, 11) is 2.40. The van der Waals surface area contributed by atoms with Gasteiger partial charge in [0, 0.05) is 44.7 Å². The summed E-state index contributed by atoms with van der Waals surface area (Å²) in [6, 6.07) is -1.21. The number of methoxy groups -OCH3 is 2. The van der Waals surface area contributed by atoms with Gasteiger partial charge in [-0.2, -0.15) is 0 Å². The number of ether oxygens (including phenoxy) is 2. The van der Waals surface area contributed by atoms with Gasteiger partial charge in [0.05, 0.1) is 26.3 Å². The minimum atomic E-state index is -0.987. The Balaban J connectivity index is 1.88. The molecule has 2 fully saturated rings. The molecule has 312 valence electrons. The van der Waals surface area contributed by atoms with Gasteiger partial charge in [-0.05, 0) is 83.5 Å². The monoisotopic (exact) mass is 782 g/mol. The second-order valence-corrected chi connectivity index (χ2v) is 13.9. The minimum Gasteiger partial charge on any atom is -0.453 e. The van der Waals surface area contributed by atoms with E-state index in [1.54, 1.807) is 0 Å². The van der Waals surface area contributed by atoms with E-state index in [2.05, 4.69) is 46.7 Å². The third-order valence-corrected chi connectivity index (χ3v) is 9.03. The molecule has 11 N–H and O–H groups in total. The smallest absolute Gasteiger partial charge is 0.407 e. The summed E-state index contributed by atoms with van der Waals surface area (Å²) in [5.74, 6) is -2.95. The van der Waals surface area contributed by atoms with Crippen LogP contribution in [0.3, 0.4) is 0 Å². The Kier molecular flexibility index (Phi) is 22.1. The van der Waals surface area contributed by atoms with Crippen molar-refractivity contribution < 1.29 is 47.8 Å². The number of primary amides is 2. The Hall–Kier alpha value is -4.72. The Morgan fingerprint density at radius 3 is 1.44 bits per heavy atom. The molecule has 0 radical (unpaired) electrons. The quantitative estimate of drug-likeness (QED) is 0.0371. The Morgan fingerprint density at radius 2 is 1.02 bits per heavy atom. The first kappa shape index (κ1) is 46.4. The van der Waals surface area contributed by atoms with E-state index in [4.69, 9.17) is 11.5 Å². The lowest BCUT2D eigenvalue weighted by Crippen LogP contribution is -2.49. The van der Waals surface area contributed by atoms with Gasteiger partial charge in [0.25, 0.3) is 0 Å². The van der Waals surface area contributed by atoms with Crippen molar-refractivity contribution in [3.05, 3.63) is 0 Å². The molecule has 0 bridgehead atoms. The first-order chi connectivity index (χ1) is 26.3. The average molecular weight is 783 g/mol. The van der Waals surface area contributed by atoms with Crippen LogP contribution in [-0.4, -0.2) is 136 Å². The van der Waals surface area contributed by atoms with Gasteiger partial charge in [-0.25, -0.2) is 9.59 Å². The van der Waals surface area contributed by atoms with Gasteiger partial charge in [0.1, 0.15) is 19.1 Å². The summed E-state index contributed by atoms with van der Waals surface area (Å²) in [4.78, 5) is 99.7. The molecule has 8 amide bonds. The Morgan fingerprint density at radius 1 is 0.582 bits per heavy atom. The normalized spacial score (nSPS) is 15.0. The number of rotatable bonds is 30. The lowest BCUT2D eigenvalue weighted by atomic mass is 10.1. The third kappa shape index (κ3) is 21.7. The number of nitrogens with zero attached hydrogens (tertiary/aromatic N) is 1. The van der Waals surface area contributed by atoms with Gasteiger partial charge < -0.3 is 63.1 Å².